The van der Waals surface area contributed by atoms with Gasteiger partial charge in [-0.25, -0.2) is 4.98 Å². The van der Waals surface area contributed by atoms with Crippen molar-refractivity contribution in [1.29, 1.82) is 0 Å². The van der Waals surface area contributed by atoms with Gasteiger partial charge in [0.15, 0.2) is 0 Å². The topological polar surface area (TPSA) is 24.9 Å². The molecule has 0 unspecified atom stereocenters. The van der Waals surface area contributed by atoms with Crippen molar-refractivity contribution in [3.05, 3.63) is 50.5 Å². The molecule has 0 atom stereocenters. The van der Waals surface area contributed by atoms with Crippen LogP contribution in [0.5, 0.6) is 0 Å². The van der Waals surface area contributed by atoms with Gasteiger partial charge in [-0.2, -0.15) is 0 Å². The van der Waals surface area contributed by atoms with Crippen molar-refractivity contribution in [3.63, 3.8) is 0 Å². The smallest absolute Gasteiger partial charge is 0.149 e. The standard InChI is InChI=1S/C11H7Br2ClN2/c12-7-1-3-9(4-2-7)16-11-10(14)5-8(13)6-15-11/h1-6H,(H,15,16). The molecule has 0 aliphatic rings. The fraction of sp³-hybridized carbons (Fsp3) is 0. The van der Waals surface area contributed by atoms with Gasteiger partial charge in [-0.05, 0) is 46.3 Å². The Morgan fingerprint density at radius 2 is 1.75 bits per heavy atom. The molecule has 0 spiro atoms. The normalized spacial score (nSPS) is 10.2. The van der Waals surface area contributed by atoms with Crippen LogP contribution in [0, 0.1) is 0 Å². The van der Waals surface area contributed by atoms with Gasteiger partial charge < -0.3 is 5.32 Å². The molecule has 82 valence electrons. The van der Waals surface area contributed by atoms with Gasteiger partial charge in [-0.3, -0.25) is 0 Å². The molecular formula is C11H7Br2ClN2. The van der Waals surface area contributed by atoms with E-state index in [2.05, 4.69) is 42.2 Å². The number of rotatable bonds is 2. The molecule has 0 aliphatic carbocycles. The van der Waals surface area contributed by atoms with Crippen LogP contribution in [0.2, 0.25) is 5.02 Å². The van der Waals surface area contributed by atoms with Crippen molar-refractivity contribution in [2.45, 2.75) is 0 Å². The average molecular weight is 362 g/mol. The van der Waals surface area contributed by atoms with Crippen molar-refractivity contribution in [1.82, 2.24) is 4.98 Å². The second kappa shape index (κ2) is 5.17. The summed E-state index contributed by atoms with van der Waals surface area (Å²) in [4.78, 5) is 4.19. The van der Waals surface area contributed by atoms with Crippen molar-refractivity contribution in [2.75, 3.05) is 5.32 Å². The fourth-order valence-corrected chi connectivity index (χ4v) is 2.12. The lowest BCUT2D eigenvalue weighted by Gasteiger charge is -2.07. The molecule has 0 saturated carbocycles. The monoisotopic (exact) mass is 360 g/mol. The number of anilines is 2. The molecule has 0 radical (unpaired) electrons. The van der Waals surface area contributed by atoms with E-state index in [1.165, 1.54) is 0 Å². The summed E-state index contributed by atoms with van der Waals surface area (Å²) in [6, 6.07) is 9.61. The molecule has 1 aromatic carbocycles. The number of pyridine rings is 1. The van der Waals surface area contributed by atoms with Crippen LogP contribution >= 0.6 is 43.5 Å². The summed E-state index contributed by atoms with van der Waals surface area (Å²) in [5.74, 6) is 0.646. The Bertz CT molecular complexity index is 500. The molecule has 0 bridgehead atoms. The van der Waals surface area contributed by atoms with Crippen LogP contribution in [0.4, 0.5) is 11.5 Å². The maximum Gasteiger partial charge on any atom is 0.149 e. The highest BCUT2D eigenvalue weighted by molar-refractivity contribution is 9.10. The molecule has 2 aromatic rings. The average Bonchev–Trinajstić information content (AvgIpc) is 2.25. The van der Waals surface area contributed by atoms with Gasteiger partial charge in [0.05, 0.1) is 5.02 Å². The third kappa shape index (κ3) is 2.97. The molecule has 1 aromatic heterocycles. The summed E-state index contributed by atoms with van der Waals surface area (Å²) in [6.45, 7) is 0. The van der Waals surface area contributed by atoms with Crippen LogP contribution in [0.1, 0.15) is 0 Å². The maximum absolute atomic E-state index is 6.05. The molecular weight excluding hydrogens is 355 g/mol. The number of nitrogens with zero attached hydrogens (tertiary/aromatic N) is 1. The first-order chi connectivity index (χ1) is 7.65. The van der Waals surface area contributed by atoms with Crippen LogP contribution in [0.25, 0.3) is 0 Å². The van der Waals surface area contributed by atoms with Crippen molar-refractivity contribution < 1.29 is 0 Å². The molecule has 0 fully saturated rings. The Morgan fingerprint density at radius 3 is 2.38 bits per heavy atom. The van der Waals surface area contributed by atoms with Gasteiger partial charge in [0.1, 0.15) is 5.82 Å². The third-order valence-corrected chi connectivity index (χ3v) is 3.17. The maximum atomic E-state index is 6.05. The second-order valence-electron chi connectivity index (χ2n) is 3.12. The number of hydrogen-bond donors (Lipinski definition) is 1. The summed E-state index contributed by atoms with van der Waals surface area (Å²) in [7, 11) is 0. The lowest BCUT2D eigenvalue weighted by atomic mass is 10.3. The predicted octanol–water partition coefficient (Wildman–Crippen LogP) is 5.00. The molecule has 1 heterocycles. The number of halogens is 3. The number of hydrogen-bond acceptors (Lipinski definition) is 2. The van der Waals surface area contributed by atoms with E-state index in [0.29, 0.717) is 10.8 Å². The Morgan fingerprint density at radius 1 is 1.06 bits per heavy atom. The van der Waals surface area contributed by atoms with Crippen molar-refractivity contribution in [2.24, 2.45) is 0 Å². The molecule has 16 heavy (non-hydrogen) atoms. The Kier molecular flexibility index (Phi) is 3.84. The van der Waals surface area contributed by atoms with Gasteiger partial charge >= 0.3 is 0 Å². The molecule has 5 heteroatoms. The summed E-state index contributed by atoms with van der Waals surface area (Å²) in [5, 5.41) is 3.72. The van der Waals surface area contributed by atoms with Gasteiger partial charge in [-0.15, -0.1) is 0 Å². The zero-order valence-corrected chi connectivity index (χ0v) is 12.0. The number of aromatic nitrogens is 1. The number of benzene rings is 1. The van der Waals surface area contributed by atoms with Crippen molar-refractivity contribution >= 4 is 55.0 Å². The quantitative estimate of drug-likeness (QED) is 0.813. The van der Waals surface area contributed by atoms with Gasteiger partial charge in [0, 0.05) is 20.8 Å². The summed E-state index contributed by atoms with van der Waals surface area (Å²) in [6.07, 6.45) is 1.70. The molecule has 2 nitrogen and oxygen atoms in total. The largest absolute Gasteiger partial charge is 0.339 e. The second-order valence-corrected chi connectivity index (χ2v) is 5.35. The Hall–Kier alpha value is -0.580. The van der Waals surface area contributed by atoms with E-state index < -0.39 is 0 Å². The lowest BCUT2D eigenvalue weighted by molar-refractivity contribution is 1.29. The van der Waals surface area contributed by atoms with E-state index in [4.69, 9.17) is 11.6 Å². The highest BCUT2D eigenvalue weighted by Crippen LogP contribution is 2.26. The van der Waals surface area contributed by atoms with E-state index in [9.17, 15) is 0 Å². The Balaban J connectivity index is 2.23. The first-order valence-corrected chi connectivity index (χ1v) is 6.45. The summed E-state index contributed by atoms with van der Waals surface area (Å²) >= 11 is 12.7. The fourth-order valence-electron chi connectivity index (χ4n) is 1.18. The summed E-state index contributed by atoms with van der Waals surface area (Å²) < 4.78 is 1.90. The van der Waals surface area contributed by atoms with Crippen LogP contribution in [-0.4, -0.2) is 4.98 Å². The minimum atomic E-state index is 0.581. The first kappa shape index (κ1) is 11.9. The van der Waals surface area contributed by atoms with Gasteiger partial charge in [0.2, 0.25) is 0 Å². The molecule has 0 amide bonds. The SMILES string of the molecule is Clc1cc(Br)cnc1Nc1ccc(Br)cc1. The zero-order valence-electron chi connectivity index (χ0n) is 8.05. The van der Waals surface area contributed by atoms with E-state index in [0.717, 1.165) is 14.6 Å². The lowest BCUT2D eigenvalue weighted by Crippen LogP contribution is -1.93. The summed E-state index contributed by atoms with van der Waals surface area (Å²) in [5.41, 5.74) is 0.944. The molecule has 1 N–H and O–H groups in total. The van der Waals surface area contributed by atoms with Crippen LogP contribution in [0.3, 0.4) is 0 Å². The highest BCUT2D eigenvalue weighted by Gasteiger charge is 2.02. The minimum absolute atomic E-state index is 0.581. The van der Waals surface area contributed by atoms with E-state index in [1.54, 1.807) is 12.3 Å². The van der Waals surface area contributed by atoms with E-state index in [-0.39, 0.29) is 0 Å². The highest BCUT2D eigenvalue weighted by atomic mass is 79.9. The van der Waals surface area contributed by atoms with Gasteiger partial charge in [0.25, 0.3) is 0 Å². The van der Waals surface area contributed by atoms with Gasteiger partial charge in [-0.1, -0.05) is 27.5 Å². The van der Waals surface area contributed by atoms with E-state index in [1.807, 2.05) is 24.3 Å². The molecule has 0 saturated heterocycles. The minimum Gasteiger partial charge on any atom is -0.339 e. The van der Waals surface area contributed by atoms with E-state index >= 15 is 0 Å². The Labute approximate surface area is 115 Å². The van der Waals surface area contributed by atoms with Crippen LogP contribution in [-0.2, 0) is 0 Å². The number of nitrogens with one attached hydrogen (secondary N) is 1. The zero-order chi connectivity index (χ0) is 11.5. The van der Waals surface area contributed by atoms with Crippen molar-refractivity contribution in [3.8, 4) is 0 Å². The molecule has 0 aliphatic heterocycles. The third-order valence-electron chi connectivity index (χ3n) is 1.91. The van der Waals surface area contributed by atoms with Crippen LogP contribution in [0.15, 0.2) is 45.5 Å². The van der Waals surface area contributed by atoms with Crippen LogP contribution < -0.4 is 5.32 Å². The predicted molar refractivity (Wildman–Crippen MR) is 74.4 cm³/mol. The first-order valence-electron chi connectivity index (χ1n) is 4.49. The molecule has 2 rings (SSSR count).